The van der Waals surface area contributed by atoms with Crippen LogP contribution in [0.3, 0.4) is 0 Å². The fourth-order valence-electron chi connectivity index (χ4n) is 5.27. The second-order valence-corrected chi connectivity index (χ2v) is 9.76. The molecule has 3 N–H and O–H groups in total. The Hall–Kier alpha value is -2.42. The number of piperidine rings is 1. The van der Waals surface area contributed by atoms with Crippen LogP contribution in [-0.2, 0) is 6.54 Å². The van der Waals surface area contributed by atoms with E-state index in [1.165, 1.54) is 18.4 Å². The molecule has 1 amide bonds. The van der Waals surface area contributed by atoms with Crippen LogP contribution in [-0.4, -0.2) is 77.5 Å². The molecule has 2 aliphatic heterocycles. The van der Waals surface area contributed by atoms with Gasteiger partial charge < -0.3 is 16.0 Å². The third-order valence-corrected chi connectivity index (χ3v) is 7.41. The van der Waals surface area contributed by atoms with E-state index in [0.29, 0.717) is 12.1 Å². The summed E-state index contributed by atoms with van der Waals surface area (Å²) in [4.78, 5) is 28.6. The Kier molecular flexibility index (Phi) is 7.91. The topological polar surface area (TPSA) is 90.6 Å². The molecule has 2 aliphatic rings. The quantitative estimate of drug-likeness (QED) is 0.650. The first kappa shape index (κ1) is 24.7. The minimum atomic E-state index is -0.307. The highest BCUT2D eigenvalue weighted by Gasteiger charge is 2.34. The summed E-state index contributed by atoms with van der Waals surface area (Å²) >= 11 is 6.03. The van der Waals surface area contributed by atoms with Crippen LogP contribution in [0.15, 0.2) is 24.3 Å². The highest BCUT2D eigenvalue weighted by molar-refractivity contribution is 6.30. The number of benzene rings is 1. The molecule has 0 aliphatic carbocycles. The number of nitrogens with one attached hydrogen (secondary N) is 1. The van der Waals surface area contributed by atoms with Crippen LogP contribution in [0.25, 0.3) is 0 Å². The zero-order valence-corrected chi connectivity index (χ0v) is 21.2. The zero-order valence-electron chi connectivity index (χ0n) is 20.4. The number of nitrogen functional groups attached to an aromatic ring is 1. The van der Waals surface area contributed by atoms with Gasteiger partial charge in [-0.15, -0.1) is 0 Å². The Morgan fingerprint density at radius 2 is 1.85 bits per heavy atom. The van der Waals surface area contributed by atoms with Gasteiger partial charge in [-0.2, -0.15) is 0 Å². The Morgan fingerprint density at radius 1 is 1.15 bits per heavy atom. The maximum atomic E-state index is 12.0. The summed E-state index contributed by atoms with van der Waals surface area (Å²) in [6.07, 6.45) is 3.47. The van der Waals surface area contributed by atoms with Gasteiger partial charge in [-0.1, -0.05) is 30.7 Å². The molecule has 2 fully saturated rings. The number of hydrogen-bond donors (Lipinski definition) is 2. The van der Waals surface area contributed by atoms with Crippen molar-refractivity contribution in [1.82, 2.24) is 25.1 Å². The fourth-order valence-corrected chi connectivity index (χ4v) is 5.40. The van der Waals surface area contributed by atoms with Crippen molar-refractivity contribution in [3.8, 4) is 0 Å². The molecule has 34 heavy (non-hydrogen) atoms. The van der Waals surface area contributed by atoms with Gasteiger partial charge in [0.05, 0.1) is 5.69 Å². The molecule has 1 aromatic heterocycles. The number of anilines is 2. The highest BCUT2D eigenvalue weighted by Crippen LogP contribution is 2.28. The summed E-state index contributed by atoms with van der Waals surface area (Å²) in [6, 6.07) is 9.27. The summed E-state index contributed by atoms with van der Waals surface area (Å²) in [5.74, 6) is 0.669. The lowest BCUT2D eigenvalue weighted by atomic mass is 9.97. The standard InChI is InChI=1S/C25H36ClN7O/c1-4-20-16-32(24-17(2)29-22(23(27)30-24)25(34)28-3)13-14-33(20)21-9-11-31(12-10-21)15-18-5-7-19(26)8-6-18/h5-8,20-21H,4,9-16H2,1-3H3,(H2,27,30)(H,28,34). The number of rotatable bonds is 6. The molecule has 0 bridgehead atoms. The normalized spacial score (nSPS) is 20.5. The van der Waals surface area contributed by atoms with Crippen molar-refractivity contribution in [1.29, 1.82) is 0 Å². The second kappa shape index (κ2) is 10.9. The Balaban J connectivity index is 1.36. The van der Waals surface area contributed by atoms with Crippen molar-refractivity contribution in [3.63, 3.8) is 0 Å². The van der Waals surface area contributed by atoms with Crippen molar-refractivity contribution >= 4 is 29.1 Å². The lowest BCUT2D eigenvalue weighted by molar-refractivity contribution is 0.0610. The van der Waals surface area contributed by atoms with E-state index in [4.69, 9.17) is 17.3 Å². The number of piperazine rings is 1. The Morgan fingerprint density at radius 3 is 2.50 bits per heavy atom. The number of aryl methyl sites for hydroxylation is 1. The molecule has 0 radical (unpaired) electrons. The number of nitrogens with zero attached hydrogens (tertiary/aromatic N) is 5. The molecule has 0 saturated carbocycles. The summed E-state index contributed by atoms with van der Waals surface area (Å²) in [5.41, 5.74) is 8.33. The van der Waals surface area contributed by atoms with E-state index in [1.54, 1.807) is 7.05 Å². The summed E-state index contributed by atoms with van der Waals surface area (Å²) in [5, 5.41) is 3.37. The van der Waals surface area contributed by atoms with Gasteiger partial charge in [0.25, 0.3) is 5.91 Å². The van der Waals surface area contributed by atoms with E-state index in [-0.39, 0.29) is 17.4 Å². The number of carbonyl (C=O) groups is 1. The minimum Gasteiger partial charge on any atom is -0.382 e. The largest absolute Gasteiger partial charge is 0.382 e. The van der Waals surface area contributed by atoms with Crippen molar-refractivity contribution < 1.29 is 4.79 Å². The maximum absolute atomic E-state index is 12.0. The molecule has 3 heterocycles. The summed E-state index contributed by atoms with van der Waals surface area (Å²) in [7, 11) is 1.57. The first-order chi connectivity index (χ1) is 16.4. The van der Waals surface area contributed by atoms with Gasteiger partial charge in [-0.3, -0.25) is 14.6 Å². The van der Waals surface area contributed by atoms with Crippen molar-refractivity contribution in [2.75, 3.05) is 50.4 Å². The number of carbonyl (C=O) groups excluding carboxylic acids is 1. The van der Waals surface area contributed by atoms with Crippen molar-refractivity contribution in [2.45, 2.75) is 51.7 Å². The average molecular weight is 486 g/mol. The minimum absolute atomic E-state index is 0.184. The molecule has 184 valence electrons. The molecule has 2 saturated heterocycles. The molecule has 2 aromatic rings. The van der Waals surface area contributed by atoms with Crippen molar-refractivity contribution in [3.05, 3.63) is 46.2 Å². The monoisotopic (exact) mass is 485 g/mol. The third-order valence-electron chi connectivity index (χ3n) is 7.16. The van der Waals surface area contributed by atoms with Gasteiger partial charge in [-0.25, -0.2) is 9.97 Å². The zero-order chi connectivity index (χ0) is 24.2. The molecular formula is C25H36ClN7O. The molecule has 8 nitrogen and oxygen atoms in total. The number of nitrogens with two attached hydrogens (primary N) is 1. The smallest absolute Gasteiger partial charge is 0.273 e. The van der Waals surface area contributed by atoms with Gasteiger partial charge in [0, 0.05) is 50.3 Å². The van der Waals surface area contributed by atoms with E-state index in [9.17, 15) is 4.79 Å². The van der Waals surface area contributed by atoms with E-state index in [0.717, 1.165) is 62.2 Å². The van der Waals surface area contributed by atoms with Crippen LogP contribution in [0, 0.1) is 6.92 Å². The summed E-state index contributed by atoms with van der Waals surface area (Å²) in [6.45, 7) is 10.2. The molecule has 1 aromatic carbocycles. The highest BCUT2D eigenvalue weighted by atomic mass is 35.5. The molecular weight excluding hydrogens is 450 g/mol. The number of aromatic nitrogens is 2. The fraction of sp³-hybridized carbons (Fsp3) is 0.560. The van der Waals surface area contributed by atoms with E-state index in [1.807, 2.05) is 19.1 Å². The van der Waals surface area contributed by atoms with Crippen LogP contribution in [0.1, 0.15) is 47.9 Å². The van der Waals surface area contributed by atoms with E-state index in [2.05, 4.69) is 49.0 Å². The second-order valence-electron chi connectivity index (χ2n) is 9.33. The number of amides is 1. The molecule has 1 unspecified atom stereocenters. The van der Waals surface area contributed by atoms with Crippen LogP contribution >= 0.6 is 11.6 Å². The maximum Gasteiger partial charge on any atom is 0.273 e. The number of hydrogen-bond acceptors (Lipinski definition) is 7. The van der Waals surface area contributed by atoms with Crippen LogP contribution < -0.4 is 16.0 Å². The summed E-state index contributed by atoms with van der Waals surface area (Å²) < 4.78 is 0. The van der Waals surface area contributed by atoms with Gasteiger partial charge in [0.15, 0.2) is 17.3 Å². The first-order valence-corrected chi connectivity index (χ1v) is 12.6. The lowest BCUT2D eigenvalue weighted by Crippen LogP contribution is -2.58. The van der Waals surface area contributed by atoms with Gasteiger partial charge in [0.1, 0.15) is 0 Å². The van der Waals surface area contributed by atoms with Gasteiger partial charge >= 0.3 is 0 Å². The molecule has 9 heteroatoms. The third kappa shape index (κ3) is 5.45. The van der Waals surface area contributed by atoms with Crippen molar-refractivity contribution in [2.24, 2.45) is 0 Å². The molecule has 0 spiro atoms. The Bertz CT molecular complexity index is 992. The predicted octanol–water partition coefficient (Wildman–Crippen LogP) is 2.95. The first-order valence-electron chi connectivity index (χ1n) is 12.2. The number of halogens is 1. The lowest BCUT2D eigenvalue weighted by Gasteiger charge is -2.47. The molecule has 4 rings (SSSR count). The van der Waals surface area contributed by atoms with Gasteiger partial charge in [-0.05, 0) is 57.0 Å². The van der Waals surface area contributed by atoms with Gasteiger partial charge in [0.2, 0.25) is 0 Å². The van der Waals surface area contributed by atoms with E-state index >= 15 is 0 Å². The Labute approximate surface area is 207 Å². The van der Waals surface area contributed by atoms with Crippen LogP contribution in [0.4, 0.5) is 11.6 Å². The average Bonchev–Trinajstić information content (AvgIpc) is 2.86. The number of likely N-dealkylation sites (tertiary alicyclic amines) is 1. The SMILES string of the molecule is CCC1CN(c2nc(N)c(C(=O)NC)nc2C)CCN1C1CCN(Cc2ccc(Cl)cc2)CC1. The van der Waals surface area contributed by atoms with Crippen LogP contribution in [0.5, 0.6) is 0 Å². The molecule has 1 atom stereocenters. The van der Waals surface area contributed by atoms with E-state index < -0.39 is 0 Å². The van der Waals surface area contributed by atoms with Crippen LogP contribution in [0.2, 0.25) is 5.02 Å². The predicted molar refractivity (Wildman–Crippen MR) is 137 cm³/mol.